The Morgan fingerprint density at radius 3 is 2.92 bits per heavy atom. The van der Waals surface area contributed by atoms with E-state index in [2.05, 4.69) is 17.1 Å². The Bertz CT molecular complexity index is 226. The predicted octanol–water partition coefficient (Wildman–Crippen LogP) is 1.42. The van der Waals surface area contributed by atoms with Gasteiger partial charge >= 0.3 is 0 Å². The molecule has 1 rings (SSSR count). The first-order valence-corrected chi connectivity index (χ1v) is 5.00. The summed E-state index contributed by atoms with van der Waals surface area (Å²) in [5, 5.41) is 8.20. The highest BCUT2D eigenvalue weighted by molar-refractivity contribution is 7.99. The molecule has 0 fully saturated rings. The van der Waals surface area contributed by atoms with Gasteiger partial charge in [0.1, 0.15) is 0 Å². The quantitative estimate of drug-likeness (QED) is 0.558. The lowest BCUT2D eigenvalue weighted by Crippen LogP contribution is -1.95. The summed E-state index contributed by atoms with van der Waals surface area (Å²) >= 11 is 1.59. The van der Waals surface area contributed by atoms with Crippen LogP contribution in [0, 0.1) is 0 Å². The monoisotopic (exact) mass is 187 g/mol. The molecular formula is C7H13N3OS. The largest absolute Gasteiger partial charge is 0.415 e. The van der Waals surface area contributed by atoms with Crippen LogP contribution in [-0.2, 0) is 6.54 Å². The van der Waals surface area contributed by atoms with Gasteiger partial charge in [-0.25, -0.2) is 0 Å². The summed E-state index contributed by atoms with van der Waals surface area (Å²) in [6.45, 7) is 2.47. The van der Waals surface area contributed by atoms with Gasteiger partial charge in [0.05, 0.1) is 6.54 Å². The van der Waals surface area contributed by atoms with E-state index in [-0.39, 0.29) is 0 Å². The molecule has 0 saturated carbocycles. The minimum Gasteiger partial charge on any atom is -0.415 e. The van der Waals surface area contributed by atoms with Gasteiger partial charge in [0.2, 0.25) is 5.89 Å². The van der Waals surface area contributed by atoms with Crippen LogP contribution in [0.25, 0.3) is 0 Å². The van der Waals surface area contributed by atoms with E-state index >= 15 is 0 Å². The van der Waals surface area contributed by atoms with Crippen LogP contribution >= 0.6 is 11.8 Å². The topological polar surface area (TPSA) is 64.9 Å². The molecular weight excluding hydrogens is 174 g/mol. The normalized spacial score (nSPS) is 10.5. The van der Waals surface area contributed by atoms with Crippen molar-refractivity contribution in [3.8, 4) is 0 Å². The standard InChI is InChI=1S/C7H13N3OS/c1-2-3-4-12-7-10-9-6(5-8)11-7/h2-5,8H2,1H3. The van der Waals surface area contributed by atoms with Crippen LogP contribution in [0.2, 0.25) is 0 Å². The summed E-state index contributed by atoms with van der Waals surface area (Å²) in [5.41, 5.74) is 5.31. The summed E-state index contributed by atoms with van der Waals surface area (Å²) in [6, 6.07) is 0. The average Bonchev–Trinajstić information content (AvgIpc) is 2.53. The third-order valence-electron chi connectivity index (χ3n) is 1.35. The van der Waals surface area contributed by atoms with E-state index in [4.69, 9.17) is 10.2 Å². The minimum atomic E-state index is 0.321. The minimum absolute atomic E-state index is 0.321. The summed E-state index contributed by atoms with van der Waals surface area (Å²) in [6.07, 6.45) is 2.36. The summed E-state index contributed by atoms with van der Waals surface area (Å²) < 4.78 is 5.20. The summed E-state index contributed by atoms with van der Waals surface area (Å²) in [4.78, 5) is 0. The number of rotatable bonds is 5. The number of nitrogens with two attached hydrogens (primary N) is 1. The Balaban J connectivity index is 2.31. The molecule has 1 aromatic rings. The first-order valence-electron chi connectivity index (χ1n) is 4.02. The Hall–Kier alpha value is -0.550. The van der Waals surface area contributed by atoms with Crippen molar-refractivity contribution in [2.45, 2.75) is 31.5 Å². The fraction of sp³-hybridized carbons (Fsp3) is 0.714. The first-order chi connectivity index (χ1) is 5.86. The van der Waals surface area contributed by atoms with Gasteiger partial charge in [0.15, 0.2) is 0 Å². The lowest BCUT2D eigenvalue weighted by Gasteiger charge is -1.91. The molecule has 1 aromatic heterocycles. The second kappa shape index (κ2) is 5.16. The number of nitrogens with zero attached hydrogens (tertiary/aromatic N) is 2. The summed E-state index contributed by atoms with van der Waals surface area (Å²) in [7, 11) is 0. The Labute approximate surface area is 75.9 Å². The molecule has 4 nitrogen and oxygen atoms in total. The third-order valence-corrected chi connectivity index (χ3v) is 2.25. The van der Waals surface area contributed by atoms with Crippen molar-refractivity contribution in [2.75, 3.05) is 5.75 Å². The van der Waals surface area contributed by atoms with E-state index in [1.165, 1.54) is 12.8 Å². The number of aromatic nitrogens is 2. The predicted molar refractivity (Wildman–Crippen MR) is 47.8 cm³/mol. The molecule has 0 aliphatic rings. The van der Waals surface area contributed by atoms with E-state index in [1.54, 1.807) is 11.8 Å². The van der Waals surface area contributed by atoms with Gasteiger partial charge in [-0.05, 0) is 6.42 Å². The van der Waals surface area contributed by atoms with E-state index < -0.39 is 0 Å². The zero-order valence-electron chi connectivity index (χ0n) is 7.12. The van der Waals surface area contributed by atoms with E-state index in [9.17, 15) is 0 Å². The maximum atomic E-state index is 5.31. The zero-order chi connectivity index (χ0) is 8.81. The van der Waals surface area contributed by atoms with E-state index in [0.29, 0.717) is 17.7 Å². The van der Waals surface area contributed by atoms with Crippen molar-refractivity contribution in [3.63, 3.8) is 0 Å². The van der Waals surface area contributed by atoms with Crippen LogP contribution in [0.15, 0.2) is 9.64 Å². The van der Waals surface area contributed by atoms with Crippen molar-refractivity contribution in [1.82, 2.24) is 10.2 Å². The molecule has 0 aliphatic heterocycles. The fourth-order valence-electron chi connectivity index (χ4n) is 0.683. The summed E-state index contributed by atoms with van der Waals surface area (Å²) in [5.74, 6) is 1.54. The molecule has 0 amide bonds. The van der Waals surface area contributed by atoms with Crippen molar-refractivity contribution in [1.29, 1.82) is 0 Å². The Morgan fingerprint density at radius 2 is 2.33 bits per heavy atom. The molecule has 2 N–H and O–H groups in total. The van der Waals surface area contributed by atoms with Crippen LogP contribution in [-0.4, -0.2) is 16.0 Å². The second-order valence-electron chi connectivity index (χ2n) is 2.37. The lowest BCUT2D eigenvalue weighted by molar-refractivity contribution is 0.414. The van der Waals surface area contributed by atoms with Crippen molar-refractivity contribution >= 4 is 11.8 Å². The molecule has 1 heterocycles. The second-order valence-corrected chi connectivity index (χ2v) is 3.41. The maximum Gasteiger partial charge on any atom is 0.276 e. The van der Waals surface area contributed by atoms with Crippen LogP contribution in [0.5, 0.6) is 0 Å². The highest BCUT2D eigenvalue weighted by Gasteiger charge is 2.03. The number of hydrogen-bond donors (Lipinski definition) is 1. The highest BCUT2D eigenvalue weighted by atomic mass is 32.2. The SMILES string of the molecule is CCCCSc1nnc(CN)o1. The molecule has 0 spiro atoms. The van der Waals surface area contributed by atoms with Crippen LogP contribution in [0.1, 0.15) is 25.7 Å². The number of thioether (sulfide) groups is 1. The molecule has 0 atom stereocenters. The van der Waals surface area contributed by atoms with Gasteiger partial charge in [0.25, 0.3) is 5.22 Å². The van der Waals surface area contributed by atoms with Crippen LogP contribution in [0.4, 0.5) is 0 Å². The smallest absolute Gasteiger partial charge is 0.276 e. The molecule has 5 heteroatoms. The molecule has 0 aromatic carbocycles. The molecule has 68 valence electrons. The number of hydrogen-bond acceptors (Lipinski definition) is 5. The molecule has 0 saturated heterocycles. The van der Waals surface area contributed by atoms with Gasteiger partial charge < -0.3 is 10.2 Å². The van der Waals surface area contributed by atoms with E-state index in [1.807, 2.05) is 0 Å². The molecule has 0 bridgehead atoms. The van der Waals surface area contributed by atoms with E-state index in [0.717, 1.165) is 5.75 Å². The molecule has 12 heavy (non-hydrogen) atoms. The van der Waals surface area contributed by atoms with Crippen LogP contribution < -0.4 is 5.73 Å². The Kier molecular flexibility index (Phi) is 4.10. The van der Waals surface area contributed by atoms with Crippen molar-refractivity contribution < 1.29 is 4.42 Å². The van der Waals surface area contributed by atoms with Gasteiger partial charge in [-0.2, -0.15) is 0 Å². The van der Waals surface area contributed by atoms with Gasteiger partial charge in [-0.3, -0.25) is 0 Å². The third kappa shape index (κ3) is 2.83. The fourth-order valence-corrected chi connectivity index (χ4v) is 1.54. The zero-order valence-corrected chi connectivity index (χ0v) is 7.93. The average molecular weight is 187 g/mol. The first kappa shape index (κ1) is 9.54. The van der Waals surface area contributed by atoms with Crippen molar-refractivity contribution in [2.24, 2.45) is 5.73 Å². The molecule has 0 radical (unpaired) electrons. The lowest BCUT2D eigenvalue weighted by atomic mass is 10.4. The van der Waals surface area contributed by atoms with Gasteiger partial charge in [-0.1, -0.05) is 25.1 Å². The van der Waals surface area contributed by atoms with Crippen LogP contribution in [0.3, 0.4) is 0 Å². The Morgan fingerprint density at radius 1 is 1.50 bits per heavy atom. The molecule has 0 aliphatic carbocycles. The maximum absolute atomic E-state index is 5.31. The van der Waals surface area contributed by atoms with Gasteiger partial charge in [-0.15, -0.1) is 10.2 Å². The van der Waals surface area contributed by atoms with Crippen molar-refractivity contribution in [3.05, 3.63) is 5.89 Å². The number of unbranched alkanes of at least 4 members (excludes halogenated alkanes) is 1. The van der Waals surface area contributed by atoms with Gasteiger partial charge in [0, 0.05) is 5.75 Å². The molecule has 0 unspecified atom stereocenters. The highest BCUT2D eigenvalue weighted by Crippen LogP contribution is 2.16.